The number of anilines is 1. The molecule has 4 nitrogen and oxygen atoms in total. The molecule has 0 aliphatic heterocycles. The van der Waals surface area contributed by atoms with Gasteiger partial charge in [0, 0.05) is 18.7 Å². The van der Waals surface area contributed by atoms with Gasteiger partial charge in [0.05, 0.1) is 0 Å². The predicted octanol–water partition coefficient (Wildman–Crippen LogP) is 2.34. The van der Waals surface area contributed by atoms with Crippen molar-refractivity contribution in [2.45, 2.75) is 31.3 Å². The van der Waals surface area contributed by atoms with Crippen LogP contribution in [0.15, 0.2) is 17.4 Å². The van der Waals surface area contributed by atoms with Crippen molar-refractivity contribution in [1.29, 1.82) is 0 Å². The molecule has 0 aliphatic carbocycles. The van der Waals surface area contributed by atoms with Crippen molar-refractivity contribution in [1.82, 2.24) is 14.9 Å². The maximum Gasteiger partial charge on any atom is 0.130 e. The second-order valence-corrected chi connectivity index (χ2v) is 5.13. The molecule has 17 heavy (non-hydrogen) atoms. The van der Waals surface area contributed by atoms with E-state index in [4.69, 9.17) is 0 Å². The van der Waals surface area contributed by atoms with Crippen LogP contribution in [0.4, 0.5) is 5.82 Å². The van der Waals surface area contributed by atoms with Gasteiger partial charge in [-0.1, -0.05) is 0 Å². The maximum atomic E-state index is 4.19. The monoisotopic (exact) mass is 254 g/mol. The van der Waals surface area contributed by atoms with Gasteiger partial charge in [0.25, 0.3) is 0 Å². The van der Waals surface area contributed by atoms with Crippen molar-refractivity contribution in [3.05, 3.63) is 12.4 Å². The minimum absolute atomic E-state index is 0.608. The van der Waals surface area contributed by atoms with E-state index in [1.165, 1.54) is 0 Å². The molecular weight excluding hydrogens is 232 g/mol. The smallest absolute Gasteiger partial charge is 0.130 e. The lowest BCUT2D eigenvalue weighted by molar-refractivity contribution is 0.273. The maximum absolute atomic E-state index is 4.19. The molecule has 1 aromatic heterocycles. The molecule has 0 amide bonds. The Kier molecular flexibility index (Phi) is 6.29. The molecule has 0 fully saturated rings. The number of hydrogen-bond donors (Lipinski definition) is 1. The molecule has 0 aromatic carbocycles. The minimum Gasteiger partial charge on any atom is -0.370 e. The van der Waals surface area contributed by atoms with Gasteiger partial charge in [-0.15, -0.1) is 11.8 Å². The molecule has 0 saturated carbocycles. The molecule has 96 valence electrons. The predicted molar refractivity (Wildman–Crippen MR) is 74.7 cm³/mol. The van der Waals surface area contributed by atoms with Crippen LogP contribution in [0, 0.1) is 0 Å². The van der Waals surface area contributed by atoms with Gasteiger partial charge in [0.2, 0.25) is 0 Å². The SMILES string of the molecule is CSc1cc(NCCCN(C)C(C)C)ncn1. The number of thioether (sulfide) groups is 1. The molecule has 0 spiro atoms. The van der Waals surface area contributed by atoms with Crippen LogP contribution in [0.2, 0.25) is 0 Å². The Bertz CT molecular complexity index is 330. The highest BCUT2D eigenvalue weighted by Crippen LogP contribution is 2.13. The van der Waals surface area contributed by atoms with Crippen LogP contribution in [-0.2, 0) is 0 Å². The number of aromatic nitrogens is 2. The number of nitrogens with one attached hydrogen (secondary N) is 1. The third kappa shape index (κ3) is 5.37. The summed E-state index contributed by atoms with van der Waals surface area (Å²) < 4.78 is 0. The minimum atomic E-state index is 0.608. The lowest BCUT2D eigenvalue weighted by atomic mass is 10.3. The van der Waals surface area contributed by atoms with Crippen molar-refractivity contribution in [2.75, 3.05) is 31.7 Å². The highest BCUT2D eigenvalue weighted by atomic mass is 32.2. The van der Waals surface area contributed by atoms with Gasteiger partial charge in [0.15, 0.2) is 0 Å². The Balaban J connectivity index is 2.26. The van der Waals surface area contributed by atoms with Crippen LogP contribution in [-0.4, -0.2) is 47.3 Å². The lowest BCUT2D eigenvalue weighted by Gasteiger charge is -2.20. The van der Waals surface area contributed by atoms with Crippen LogP contribution >= 0.6 is 11.8 Å². The average Bonchev–Trinajstić information content (AvgIpc) is 2.34. The first-order valence-corrected chi connectivity index (χ1v) is 7.16. The zero-order valence-corrected chi connectivity index (χ0v) is 11.9. The molecule has 0 bridgehead atoms. The Morgan fingerprint density at radius 1 is 1.41 bits per heavy atom. The highest BCUT2D eigenvalue weighted by Gasteiger charge is 2.02. The molecule has 0 radical (unpaired) electrons. The van der Waals surface area contributed by atoms with Gasteiger partial charge in [-0.25, -0.2) is 9.97 Å². The quantitative estimate of drug-likeness (QED) is 0.459. The standard InChI is InChI=1S/C12H22N4S/c1-10(2)16(3)7-5-6-13-11-8-12(17-4)15-9-14-11/h8-10H,5-7H2,1-4H3,(H,13,14,15). The largest absolute Gasteiger partial charge is 0.370 e. The van der Waals surface area contributed by atoms with E-state index in [-0.39, 0.29) is 0 Å². The summed E-state index contributed by atoms with van der Waals surface area (Å²) in [5.41, 5.74) is 0. The topological polar surface area (TPSA) is 41.0 Å². The van der Waals surface area contributed by atoms with Crippen LogP contribution < -0.4 is 5.32 Å². The fraction of sp³-hybridized carbons (Fsp3) is 0.667. The molecule has 5 heteroatoms. The molecule has 0 atom stereocenters. The van der Waals surface area contributed by atoms with Crippen molar-refractivity contribution in [2.24, 2.45) is 0 Å². The van der Waals surface area contributed by atoms with E-state index >= 15 is 0 Å². The molecule has 1 N–H and O–H groups in total. The van der Waals surface area contributed by atoms with E-state index in [1.54, 1.807) is 18.1 Å². The summed E-state index contributed by atoms with van der Waals surface area (Å²) in [6.07, 6.45) is 4.74. The summed E-state index contributed by atoms with van der Waals surface area (Å²) in [7, 11) is 2.15. The first kappa shape index (κ1) is 14.3. The fourth-order valence-electron chi connectivity index (χ4n) is 1.35. The zero-order chi connectivity index (χ0) is 12.7. The third-order valence-corrected chi connectivity index (χ3v) is 3.37. The van der Waals surface area contributed by atoms with Crippen LogP contribution in [0.5, 0.6) is 0 Å². The van der Waals surface area contributed by atoms with E-state index in [0.717, 1.165) is 30.4 Å². The first-order valence-electron chi connectivity index (χ1n) is 5.93. The normalized spacial score (nSPS) is 11.2. The van der Waals surface area contributed by atoms with Crippen molar-refractivity contribution in [3.63, 3.8) is 0 Å². The lowest BCUT2D eigenvalue weighted by Crippen LogP contribution is -2.28. The first-order chi connectivity index (χ1) is 8.13. The number of hydrogen-bond acceptors (Lipinski definition) is 5. The summed E-state index contributed by atoms with van der Waals surface area (Å²) >= 11 is 1.63. The van der Waals surface area contributed by atoms with Crippen molar-refractivity contribution in [3.8, 4) is 0 Å². The second kappa shape index (κ2) is 7.50. The Hall–Kier alpha value is -0.810. The molecule has 1 rings (SSSR count). The Morgan fingerprint density at radius 3 is 2.82 bits per heavy atom. The van der Waals surface area contributed by atoms with Crippen LogP contribution in [0.3, 0.4) is 0 Å². The van der Waals surface area contributed by atoms with E-state index in [9.17, 15) is 0 Å². The summed E-state index contributed by atoms with van der Waals surface area (Å²) in [6, 6.07) is 2.59. The molecule has 1 aromatic rings. The number of nitrogens with zero attached hydrogens (tertiary/aromatic N) is 3. The van der Waals surface area contributed by atoms with Crippen LogP contribution in [0.1, 0.15) is 20.3 Å². The van der Waals surface area contributed by atoms with Gasteiger partial charge in [-0.2, -0.15) is 0 Å². The average molecular weight is 254 g/mol. The second-order valence-electron chi connectivity index (χ2n) is 4.30. The Labute approximate surface area is 108 Å². The molecule has 1 heterocycles. The zero-order valence-electron chi connectivity index (χ0n) is 11.1. The van der Waals surface area contributed by atoms with E-state index in [1.807, 2.05) is 12.3 Å². The van der Waals surface area contributed by atoms with Crippen molar-refractivity contribution >= 4 is 17.6 Å². The van der Waals surface area contributed by atoms with Gasteiger partial charge in [-0.05, 0) is 40.1 Å². The van der Waals surface area contributed by atoms with Gasteiger partial charge < -0.3 is 10.2 Å². The molecular formula is C12H22N4S. The molecule has 0 aliphatic rings. The van der Waals surface area contributed by atoms with E-state index in [0.29, 0.717) is 6.04 Å². The third-order valence-electron chi connectivity index (χ3n) is 2.73. The van der Waals surface area contributed by atoms with Crippen LogP contribution in [0.25, 0.3) is 0 Å². The summed E-state index contributed by atoms with van der Waals surface area (Å²) in [5, 5.41) is 4.32. The van der Waals surface area contributed by atoms with Gasteiger partial charge >= 0.3 is 0 Å². The van der Waals surface area contributed by atoms with E-state index in [2.05, 4.69) is 41.1 Å². The highest BCUT2D eigenvalue weighted by molar-refractivity contribution is 7.98. The van der Waals surface area contributed by atoms with Gasteiger partial charge in [0.1, 0.15) is 17.2 Å². The summed E-state index contributed by atoms with van der Waals surface area (Å²) in [5.74, 6) is 0.913. The molecule has 0 saturated heterocycles. The summed E-state index contributed by atoms with van der Waals surface area (Å²) in [6.45, 7) is 6.47. The van der Waals surface area contributed by atoms with E-state index < -0.39 is 0 Å². The summed E-state index contributed by atoms with van der Waals surface area (Å²) in [4.78, 5) is 10.7. The Morgan fingerprint density at radius 2 is 2.18 bits per heavy atom. The number of rotatable bonds is 7. The van der Waals surface area contributed by atoms with Crippen molar-refractivity contribution < 1.29 is 0 Å². The van der Waals surface area contributed by atoms with Gasteiger partial charge in [-0.3, -0.25) is 0 Å². The fourth-order valence-corrected chi connectivity index (χ4v) is 1.73. The molecule has 0 unspecified atom stereocenters.